The molecule has 26 heavy (non-hydrogen) atoms. The number of amides is 1. The molecular weight excluding hydrogens is 366 g/mol. The topological polar surface area (TPSA) is 64.1 Å². The molecule has 0 spiro atoms. The first-order valence-corrected chi connectivity index (χ1v) is 10.9. The molecule has 1 N–H and O–H groups in total. The van der Waals surface area contributed by atoms with E-state index in [1.165, 1.54) is 23.3 Å². The van der Waals surface area contributed by atoms with Crippen LogP contribution in [-0.2, 0) is 4.79 Å². The predicted molar refractivity (Wildman–Crippen MR) is 109 cm³/mol. The Hall–Kier alpha value is -1.60. The number of unbranched alkanes of at least 4 members (excludes halogenated alkanes) is 1. The van der Waals surface area contributed by atoms with Crippen LogP contribution in [0.15, 0.2) is 28.6 Å². The van der Waals surface area contributed by atoms with Crippen molar-refractivity contribution in [3.05, 3.63) is 29.8 Å². The molecule has 2 rings (SSSR count). The van der Waals surface area contributed by atoms with Crippen LogP contribution in [0.25, 0.3) is 0 Å². The van der Waals surface area contributed by atoms with E-state index in [1.807, 2.05) is 12.1 Å². The highest BCUT2D eigenvalue weighted by Gasteiger charge is 2.08. The number of benzene rings is 1. The Balaban J connectivity index is 1.64. The molecule has 2 aromatic rings. The van der Waals surface area contributed by atoms with Gasteiger partial charge in [-0.25, -0.2) is 0 Å². The van der Waals surface area contributed by atoms with Gasteiger partial charge >= 0.3 is 0 Å². The van der Waals surface area contributed by atoms with Crippen LogP contribution >= 0.6 is 23.1 Å². The Morgan fingerprint density at radius 2 is 2.00 bits per heavy atom. The van der Waals surface area contributed by atoms with E-state index >= 15 is 0 Å². The predicted octanol–water partition coefficient (Wildman–Crippen LogP) is 5.35. The Kier molecular flexibility index (Phi) is 8.91. The lowest BCUT2D eigenvalue weighted by molar-refractivity contribution is -0.116. The zero-order valence-electron chi connectivity index (χ0n) is 15.7. The molecule has 0 fully saturated rings. The Labute approximate surface area is 163 Å². The molecule has 7 heteroatoms. The number of anilines is 1. The smallest absolute Gasteiger partial charge is 0.226 e. The first-order chi connectivity index (χ1) is 12.6. The molecule has 0 saturated heterocycles. The number of ether oxygens (including phenoxy) is 1. The van der Waals surface area contributed by atoms with Gasteiger partial charge in [0.25, 0.3) is 0 Å². The highest BCUT2D eigenvalue weighted by atomic mass is 32.2. The second-order valence-electron chi connectivity index (χ2n) is 6.30. The summed E-state index contributed by atoms with van der Waals surface area (Å²) in [5.74, 6) is 2.34. The SMILES string of the molecule is CCCCSc1nnc(NC(=O)CCCOc2ccc(C(C)C)cc2)s1. The molecule has 0 atom stereocenters. The van der Waals surface area contributed by atoms with Crippen molar-refractivity contribution in [2.75, 3.05) is 17.7 Å². The number of nitrogens with zero attached hydrogens (tertiary/aromatic N) is 2. The van der Waals surface area contributed by atoms with Crippen molar-refractivity contribution in [3.63, 3.8) is 0 Å². The summed E-state index contributed by atoms with van der Waals surface area (Å²) in [4.78, 5) is 12.0. The van der Waals surface area contributed by atoms with Crippen LogP contribution in [0.1, 0.15) is 57.9 Å². The zero-order chi connectivity index (χ0) is 18.8. The summed E-state index contributed by atoms with van der Waals surface area (Å²) in [6.07, 6.45) is 3.39. The molecule has 1 aromatic heterocycles. The molecule has 0 aliphatic carbocycles. The Morgan fingerprint density at radius 3 is 2.69 bits per heavy atom. The summed E-state index contributed by atoms with van der Waals surface area (Å²) in [5.41, 5.74) is 1.29. The van der Waals surface area contributed by atoms with Gasteiger partial charge in [0.1, 0.15) is 5.75 Å². The van der Waals surface area contributed by atoms with Gasteiger partial charge in [0.2, 0.25) is 11.0 Å². The van der Waals surface area contributed by atoms with Crippen molar-refractivity contribution < 1.29 is 9.53 Å². The molecule has 0 radical (unpaired) electrons. The molecule has 0 bridgehead atoms. The number of carbonyl (C=O) groups is 1. The van der Waals surface area contributed by atoms with E-state index in [0.29, 0.717) is 30.5 Å². The van der Waals surface area contributed by atoms with Gasteiger partial charge in [0, 0.05) is 12.2 Å². The summed E-state index contributed by atoms with van der Waals surface area (Å²) in [6, 6.07) is 8.12. The van der Waals surface area contributed by atoms with Gasteiger partial charge in [-0.05, 0) is 36.5 Å². The molecular formula is C19H27N3O2S2. The molecule has 0 saturated carbocycles. The fourth-order valence-electron chi connectivity index (χ4n) is 2.18. The maximum Gasteiger partial charge on any atom is 0.226 e. The van der Waals surface area contributed by atoms with Crippen LogP contribution < -0.4 is 10.1 Å². The van der Waals surface area contributed by atoms with E-state index in [2.05, 4.69) is 48.4 Å². The summed E-state index contributed by atoms with van der Waals surface area (Å²) in [5, 5.41) is 11.5. The quantitative estimate of drug-likeness (QED) is 0.317. The summed E-state index contributed by atoms with van der Waals surface area (Å²) in [7, 11) is 0. The summed E-state index contributed by atoms with van der Waals surface area (Å²) < 4.78 is 6.60. The van der Waals surface area contributed by atoms with Crippen LogP contribution in [0.3, 0.4) is 0 Å². The average Bonchev–Trinajstić information content (AvgIpc) is 3.06. The van der Waals surface area contributed by atoms with Gasteiger partial charge in [0.05, 0.1) is 6.61 Å². The number of thioether (sulfide) groups is 1. The number of rotatable bonds is 11. The molecule has 142 valence electrons. The monoisotopic (exact) mass is 393 g/mol. The second kappa shape index (κ2) is 11.2. The number of carbonyl (C=O) groups excluding carboxylic acids is 1. The van der Waals surface area contributed by atoms with E-state index in [1.54, 1.807) is 11.8 Å². The highest BCUT2D eigenvalue weighted by Crippen LogP contribution is 2.26. The number of aromatic nitrogens is 2. The summed E-state index contributed by atoms with van der Waals surface area (Å²) >= 11 is 3.12. The van der Waals surface area contributed by atoms with Crippen molar-refractivity contribution in [2.45, 2.75) is 56.7 Å². The number of hydrogen-bond donors (Lipinski definition) is 1. The first-order valence-electron chi connectivity index (χ1n) is 9.07. The van der Waals surface area contributed by atoms with Crippen molar-refractivity contribution in [2.24, 2.45) is 0 Å². The van der Waals surface area contributed by atoms with Crippen LogP contribution in [0.4, 0.5) is 5.13 Å². The van der Waals surface area contributed by atoms with Crippen molar-refractivity contribution in [3.8, 4) is 5.75 Å². The van der Waals surface area contributed by atoms with E-state index in [-0.39, 0.29) is 5.91 Å². The molecule has 0 aliphatic rings. The molecule has 1 amide bonds. The summed E-state index contributed by atoms with van der Waals surface area (Å²) in [6.45, 7) is 7.01. The van der Waals surface area contributed by atoms with Crippen LogP contribution in [-0.4, -0.2) is 28.5 Å². The fraction of sp³-hybridized carbons (Fsp3) is 0.526. The highest BCUT2D eigenvalue weighted by molar-refractivity contribution is 8.01. The lowest BCUT2D eigenvalue weighted by Crippen LogP contribution is -2.12. The molecule has 0 aliphatic heterocycles. The third-order valence-corrected chi connectivity index (χ3v) is 5.80. The molecule has 5 nitrogen and oxygen atoms in total. The van der Waals surface area contributed by atoms with Crippen molar-refractivity contribution in [1.29, 1.82) is 0 Å². The van der Waals surface area contributed by atoms with E-state index < -0.39 is 0 Å². The second-order valence-corrected chi connectivity index (χ2v) is 8.62. The normalized spacial score (nSPS) is 10.9. The van der Waals surface area contributed by atoms with Gasteiger partial charge in [0.15, 0.2) is 4.34 Å². The van der Waals surface area contributed by atoms with Gasteiger partial charge in [-0.15, -0.1) is 10.2 Å². The molecule has 1 aromatic carbocycles. The van der Waals surface area contributed by atoms with Gasteiger partial charge < -0.3 is 10.1 Å². The third-order valence-electron chi connectivity index (χ3n) is 3.74. The minimum atomic E-state index is -0.0509. The maximum absolute atomic E-state index is 12.0. The molecule has 0 unspecified atom stereocenters. The Bertz CT molecular complexity index is 672. The van der Waals surface area contributed by atoms with Crippen LogP contribution in [0, 0.1) is 0 Å². The maximum atomic E-state index is 12.0. The van der Waals surface area contributed by atoms with Crippen molar-refractivity contribution >= 4 is 34.1 Å². The lowest BCUT2D eigenvalue weighted by Gasteiger charge is -2.08. The largest absolute Gasteiger partial charge is 0.494 e. The molecule has 1 heterocycles. The van der Waals surface area contributed by atoms with E-state index in [4.69, 9.17) is 4.74 Å². The van der Waals surface area contributed by atoms with E-state index in [9.17, 15) is 4.79 Å². The Morgan fingerprint density at radius 1 is 1.23 bits per heavy atom. The van der Waals surface area contributed by atoms with Gasteiger partial charge in [-0.1, -0.05) is 62.4 Å². The fourth-order valence-corrected chi connectivity index (χ4v) is 4.10. The van der Waals surface area contributed by atoms with Gasteiger partial charge in [-0.3, -0.25) is 4.79 Å². The third kappa shape index (κ3) is 7.33. The van der Waals surface area contributed by atoms with Gasteiger partial charge in [-0.2, -0.15) is 0 Å². The van der Waals surface area contributed by atoms with Crippen LogP contribution in [0.2, 0.25) is 0 Å². The lowest BCUT2D eigenvalue weighted by atomic mass is 10.0. The van der Waals surface area contributed by atoms with Crippen LogP contribution in [0.5, 0.6) is 5.75 Å². The zero-order valence-corrected chi connectivity index (χ0v) is 17.3. The number of nitrogens with one attached hydrogen (secondary N) is 1. The minimum absolute atomic E-state index is 0.0509. The minimum Gasteiger partial charge on any atom is -0.494 e. The van der Waals surface area contributed by atoms with Crippen molar-refractivity contribution in [1.82, 2.24) is 10.2 Å². The first kappa shape index (κ1) is 20.7. The average molecular weight is 394 g/mol. The number of hydrogen-bond acceptors (Lipinski definition) is 6. The van der Waals surface area contributed by atoms with E-state index in [0.717, 1.165) is 22.3 Å². The standard InChI is InChI=1S/C19H27N3O2S2/c1-4-5-13-25-19-22-21-18(26-19)20-17(23)7-6-12-24-16-10-8-15(9-11-16)14(2)3/h8-11,14H,4-7,12-13H2,1-3H3,(H,20,21,23).